The normalized spacial score (nSPS) is 22.6. The summed E-state index contributed by atoms with van der Waals surface area (Å²) < 4.78 is 0. The second-order valence-electron chi connectivity index (χ2n) is 5.72. The van der Waals surface area contributed by atoms with Gasteiger partial charge < -0.3 is 15.5 Å². The number of piperidine rings is 1. The molecule has 0 spiro atoms. The van der Waals surface area contributed by atoms with Gasteiger partial charge in [-0.15, -0.1) is 0 Å². The van der Waals surface area contributed by atoms with Crippen molar-refractivity contribution < 1.29 is 4.79 Å². The highest BCUT2D eigenvalue weighted by Crippen LogP contribution is 2.29. The molecule has 1 atom stereocenters. The van der Waals surface area contributed by atoms with E-state index >= 15 is 0 Å². The van der Waals surface area contributed by atoms with E-state index in [-0.39, 0.29) is 11.9 Å². The van der Waals surface area contributed by atoms with Crippen LogP contribution in [0.5, 0.6) is 0 Å². The number of hydrogen-bond donors (Lipinski definition) is 2. The van der Waals surface area contributed by atoms with E-state index in [4.69, 9.17) is 0 Å². The zero-order valence-corrected chi connectivity index (χ0v) is 11.9. The minimum absolute atomic E-state index is 0.0733. The van der Waals surface area contributed by atoms with Gasteiger partial charge in [-0.25, -0.2) is 0 Å². The second-order valence-corrected chi connectivity index (χ2v) is 5.72. The quantitative estimate of drug-likeness (QED) is 0.808. The number of nitrogens with zero attached hydrogens (tertiary/aromatic N) is 1. The summed E-state index contributed by atoms with van der Waals surface area (Å²) in [5.74, 6) is 0.0733. The monoisotopic (exact) mass is 273 g/mol. The Morgan fingerprint density at radius 2 is 2.00 bits per heavy atom. The molecule has 0 aromatic heterocycles. The Balaban J connectivity index is 1.45. The van der Waals surface area contributed by atoms with Gasteiger partial charge in [0.15, 0.2) is 0 Å². The smallest absolute Gasteiger partial charge is 0.246 e. The zero-order valence-electron chi connectivity index (χ0n) is 11.9. The van der Waals surface area contributed by atoms with Crippen molar-refractivity contribution in [3.63, 3.8) is 0 Å². The number of benzene rings is 1. The molecule has 1 unspecified atom stereocenters. The maximum atomic E-state index is 11.9. The highest BCUT2D eigenvalue weighted by atomic mass is 16.2. The fourth-order valence-corrected chi connectivity index (χ4v) is 3.14. The molecule has 2 N–H and O–H groups in total. The zero-order chi connectivity index (χ0) is 13.8. The summed E-state index contributed by atoms with van der Waals surface area (Å²) in [4.78, 5) is 14.5. The van der Waals surface area contributed by atoms with Gasteiger partial charge in [0.2, 0.25) is 5.91 Å². The van der Waals surface area contributed by atoms with Crippen molar-refractivity contribution in [1.29, 1.82) is 0 Å². The third kappa shape index (κ3) is 3.02. The number of nitrogens with one attached hydrogen (secondary N) is 2. The van der Waals surface area contributed by atoms with Crippen molar-refractivity contribution in [2.75, 3.05) is 31.5 Å². The van der Waals surface area contributed by atoms with E-state index in [0.29, 0.717) is 0 Å². The molecule has 1 aromatic rings. The summed E-state index contributed by atoms with van der Waals surface area (Å²) >= 11 is 0. The number of anilines is 1. The van der Waals surface area contributed by atoms with Crippen LogP contribution < -0.4 is 10.6 Å². The van der Waals surface area contributed by atoms with Crippen LogP contribution >= 0.6 is 0 Å². The third-order valence-electron chi connectivity index (χ3n) is 4.24. The van der Waals surface area contributed by atoms with Crippen LogP contribution in [-0.2, 0) is 4.79 Å². The van der Waals surface area contributed by atoms with E-state index in [1.807, 2.05) is 24.3 Å². The highest BCUT2D eigenvalue weighted by Gasteiger charge is 2.29. The lowest BCUT2D eigenvalue weighted by Gasteiger charge is -2.26. The number of carbonyl (C=O) groups excluding carboxylic acids is 1. The molecule has 2 heterocycles. The molecule has 4 heteroatoms. The molecule has 0 saturated carbocycles. The Bertz CT molecular complexity index is 469. The third-order valence-corrected chi connectivity index (χ3v) is 4.24. The topological polar surface area (TPSA) is 44.4 Å². The molecule has 0 radical (unpaired) electrons. The number of para-hydroxylation sites is 1. The fraction of sp³-hybridized carbons (Fsp3) is 0.562. The predicted octanol–water partition coefficient (Wildman–Crippen LogP) is 2.15. The van der Waals surface area contributed by atoms with Crippen LogP contribution in [0.1, 0.15) is 37.3 Å². The van der Waals surface area contributed by atoms with E-state index < -0.39 is 0 Å². The highest BCUT2D eigenvalue weighted by molar-refractivity contribution is 6.02. The first kappa shape index (κ1) is 13.6. The first-order valence-corrected chi connectivity index (χ1v) is 7.70. The van der Waals surface area contributed by atoms with Crippen molar-refractivity contribution in [1.82, 2.24) is 10.2 Å². The van der Waals surface area contributed by atoms with Crippen molar-refractivity contribution >= 4 is 11.6 Å². The molecule has 0 bridgehead atoms. The molecule has 1 amide bonds. The molecular weight excluding hydrogens is 250 g/mol. The van der Waals surface area contributed by atoms with E-state index in [2.05, 4.69) is 15.5 Å². The molecule has 1 aromatic carbocycles. The number of amides is 1. The maximum Gasteiger partial charge on any atom is 0.246 e. The Labute approximate surface area is 120 Å². The van der Waals surface area contributed by atoms with Crippen molar-refractivity contribution in [2.45, 2.75) is 31.7 Å². The van der Waals surface area contributed by atoms with Crippen LogP contribution in [0.15, 0.2) is 24.3 Å². The molecule has 2 aliphatic rings. The largest absolute Gasteiger partial charge is 0.324 e. The number of likely N-dealkylation sites (tertiary alicyclic amines) is 1. The second kappa shape index (κ2) is 6.37. The van der Waals surface area contributed by atoms with Gasteiger partial charge in [-0.05, 0) is 51.5 Å². The van der Waals surface area contributed by atoms with Gasteiger partial charge in [0.25, 0.3) is 0 Å². The van der Waals surface area contributed by atoms with E-state index in [9.17, 15) is 4.79 Å². The predicted molar refractivity (Wildman–Crippen MR) is 80.7 cm³/mol. The van der Waals surface area contributed by atoms with Gasteiger partial charge in [0.05, 0.1) is 0 Å². The van der Waals surface area contributed by atoms with Gasteiger partial charge in [-0.3, -0.25) is 4.79 Å². The molecule has 20 heavy (non-hydrogen) atoms. The van der Waals surface area contributed by atoms with Gasteiger partial charge in [0.1, 0.15) is 6.04 Å². The van der Waals surface area contributed by atoms with Crippen LogP contribution in [0.3, 0.4) is 0 Å². The van der Waals surface area contributed by atoms with Crippen LogP contribution in [0.2, 0.25) is 0 Å². The first-order chi connectivity index (χ1) is 9.84. The van der Waals surface area contributed by atoms with Crippen molar-refractivity contribution in [3.05, 3.63) is 29.8 Å². The Morgan fingerprint density at radius 1 is 1.20 bits per heavy atom. The molecule has 3 rings (SSSR count). The number of hydrogen-bond acceptors (Lipinski definition) is 3. The van der Waals surface area contributed by atoms with Gasteiger partial charge in [-0.2, -0.15) is 0 Å². The molecular formula is C16H23N3O. The molecule has 1 fully saturated rings. The summed E-state index contributed by atoms with van der Waals surface area (Å²) in [7, 11) is 0. The Morgan fingerprint density at radius 3 is 2.85 bits per heavy atom. The molecule has 108 valence electrons. The van der Waals surface area contributed by atoms with Crippen LogP contribution in [0.25, 0.3) is 0 Å². The molecule has 2 aliphatic heterocycles. The standard InChI is InChI=1S/C16H23N3O/c20-16-15(13-7-2-3-8-14(13)18-16)17-9-6-12-19-10-4-1-5-11-19/h2-3,7-8,15,17H,1,4-6,9-12H2,(H,18,20). The average Bonchev–Trinajstić information content (AvgIpc) is 2.80. The molecule has 1 saturated heterocycles. The fourth-order valence-electron chi connectivity index (χ4n) is 3.14. The van der Waals surface area contributed by atoms with Gasteiger partial charge >= 0.3 is 0 Å². The average molecular weight is 273 g/mol. The lowest BCUT2D eigenvalue weighted by molar-refractivity contribution is -0.117. The van der Waals surface area contributed by atoms with Gasteiger partial charge in [-0.1, -0.05) is 24.6 Å². The summed E-state index contributed by atoms with van der Waals surface area (Å²) in [6, 6.07) is 7.75. The summed E-state index contributed by atoms with van der Waals surface area (Å²) in [5, 5.41) is 6.31. The Kier molecular flexibility index (Phi) is 4.33. The number of rotatable bonds is 5. The first-order valence-electron chi connectivity index (χ1n) is 7.70. The Hall–Kier alpha value is -1.39. The summed E-state index contributed by atoms with van der Waals surface area (Å²) in [5.41, 5.74) is 2.03. The van der Waals surface area contributed by atoms with Crippen LogP contribution in [0.4, 0.5) is 5.69 Å². The minimum atomic E-state index is -0.174. The van der Waals surface area contributed by atoms with E-state index in [1.165, 1.54) is 32.4 Å². The maximum absolute atomic E-state index is 11.9. The number of fused-ring (bicyclic) bond motifs is 1. The van der Waals surface area contributed by atoms with Crippen molar-refractivity contribution in [2.24, 2.45) is 0 Å². The van der Waals surface area contributed by atoms with Crippen LogP contribution in [-0.4, -0.2) is 37.0 Å². The summed E-state index contributed by atoms with van der Waals surface area (Å²) in [6.07, 6.45) is 5.16. The van der Waals surface area contributed by atoms with Crippen LogP contribution in [0, 0.1) is 0 Å². The number of carbonyl (C=O) groups is 1. The van der Waals surface area contributed by atoms with E-state index in [0.717, 1.165) is 30.8 Å². The lowest BCUT2D eigenvalue weighted by atomic mass is 10.1. The lowest BCUT2D eigenvalue weighted by Crippen LogP contribution is -2.34. The SMILES string of the molecule is O=C1Nc2ccccc2C1NCCCN1CCCCC1. The molecule has 4 nitrogen and oxygen atoms in total. The van der Waals surface area contributed by atoms with Gasteiger partial charge in [0, 0.05) is 11.3 Å². The summed E-state index contributed by atoms with van der Waals surface area (Å²) in [6.45, 7) is 4.52. The molecule has 0 aliphatic carbocycles. The minimum Gasteiger partial charge on any atom is -0.324 e. The van der Waals surface area contributed by atoms with E-state index in [1.54, 1.807) is 0 Å². The van der Waals surface area contributed by atoms with Crippen molar-refractivity contribution in [3.8, 4) is 0 Å².